The first-order valence-electron chi connectivity index (χ1n) is 13.0. The van der Waals surface area contributed by atoms with Crippen molar-refractivity contribution in [2.24, 2.45) is 0 Å². The first-order chi connectivity index (χ1) is 18.0. The minimum atomic E-state index is -0.209. The van der Waals surface area contributed by atoms with E-state index in [2.05, 4.69) is 32.2 Å². The molecule has 0 amide bonds. The summed E-state index contributed by atoms with van der Waals surface area (Å²) < 4.78 is 1.70. The van der Waals surface area contributed by atoms with Crippen LogP contribution in [0.4, 0.5) is 5.82 Å². The van der Waals surface area contributed by atoms with Gasteiger partial charge in [0.15, 0.2) is 17.3 Å². The molecule has 0 aliphatic heterocycles. The molecule has 4 aromatic heterocycles. The number of fused-ring (bicyclic) bond motifs is 1. The Morgan fingerprint density at radius 2 is 1.73 bits per heavy atom. The summed E-state index contributed by atoms with van der Waals surface area (Å²) in [7, 11) is 0. The van der Waals surface area contributed by atoms with Crippen molar-refractivity contribution >= 4 is 28.7 Å². The first kappa shape index (κ1) is 24.0. The normalized spacial score (nSPS) is 15.5. The number of hydrogen-bond donors (Lipinski definition) is 1. The quantitative estimate of drug-likeness (QED) is 0.305. The van der Waals surface area contributed by atoms with E-state index in [1.807, 2.05) is 32.2 Å². The lowest BCUT2D eigenvalue weighted by molar-refractivity contribution is 0.593. The lowest BCUT2D eigenvalue weighted by Crippen LogP contribution is -2.27. The molecule has 190 valence electrons. The topological polar surface area (TPSA) is 111 Å². The summed E-state index contributed by atoms with van der Waals surface area (Å²) in [5.74, 6) is 2.74. The van der Waals surface area contributed by atoms with Crippen molar-refractivity contribution in [1.82, 2.24) is 34.5 Å². The van der Waals surface area contributed by atoms with Gasteiger partial charge in [-0.15, -0.1) is 11.8 Å². The van der Waals surface area contributed by atoms with E-state index in [1.165, 1.54) is 0 Å². The molecular weight excluding hydrogens is 484 g/mol. The van der Waals surface area contributed by atoms with Gasteiger partial charge < -0.3 is 5.32 Å². The van der Waals surface area contributed by atoms with Gasteiger partial charge in [-0.25, -0.2) is 24.9 Å². The van der Waals surface area contributed by atoms with Crippen LogP contribution >= 0.6 is 11.8 Å². The number of anilines is 1. The fraction of sp³-hybridized carbons (Fsp3) is 0.444. The number of hydrogen-bond acceptors (Lipinski definition) is 9. The summed E-state index contributed by atoms with van der Waals surface area (Å²) in [5.41, 5.74) is 4.76. The molecule has 0 atom stereocenters. The van der Waals surface area contributed by atoms with Gasteiger partial charge >= 0.3 is 0 Å². The Balaban J connectivity index is 1.38. The molecule has 10 heteroatoms. The second-order valence-electron chi connectivity index (χ2n) is 9.97. The van der Waals surface area contributed by atoms with Crippen LogP contribution in [0.2, 0.25) is 0 Å². The molecule has 2 saturated carbocycles. The smallest absolute Gasteiger partial charge is 0.295 e. The molecule has 4 aromatic rings. The largest absolute Gasteiger partial charge is 0.360 e. The van der Waals surface area contributed by atoms with Gasteiger partial charge in [0, 0.05) is 29.0 Å². The molecule has 0 unspecified atom stereocenters. The maximum absolute atomic E-state index is 13.5. The zero-order valence-electron chi connectivity index (χ0n) is 21.3. The van der Waals surface area contributed by atoms with Crippen LogP contribution in [0.25, 0.3) is 22.6 Å². The fourth-order valence-electron chi connectivity index (χ4n) is 4.63. The van der Waals surface area contributed by atoms with Gasteiger partial charge in [-0.3, -0.25) is 14.3 Å². The van der Waals surface area contributed by atoms with Crippen molar-refractivity contribution in [3.8, 4) is 11.4 Å². The predicted molar refractivity (Wildman–Crippen MR) is 145 cm³/mol. The SMILES string of the molecule is CCSc1ccc(CNc2nc3cnc(-c4c(C5CC5)ncnc4C4CC4)nc3n(C(C)C)c2=O)nc1. The van der Waals surface area contributed by atoms with Gasteiger partial charge in [-0.1, -0.05) is 6.92 Å². The van der Waals surface area contributed by atoms with E-state index in [9.17, 15) is 4.79 Å². The monoisotopic (exact) mass is 514 g/mol. The number of aromatic nitrogens is 7. The molecule has 0 bridgehead atoms. The van der Waals surface area contributed by atoms with E-state index in [1.54, 1.807) is 28.9 Å². The van der Waals surface area contributed by atoms with Gasteiger partial charge in [0.2, 0.25) is 0 Å². The van der Waals surface area contributed by atoms with Crippen LogP contribution in [0.5, 0.6) is 0 Å². The molecule has 6 rings (SSSR count). The lowest BCUT2D eigenvalue weighted by Gasteiger charge is -2.17. The molecule has 0 aromatic carbocycles. The molecule has 2 aliphatic carbocycles. The molecular formula is C27H30N8OS. The molecule has 37 heavy (non-hydrogen) atoms. The van der Waals surface area contributed by atoms with Gasteiger partial charge in [-0.05, 0) is 57.4 Å². The summed E-state index contributed by atoms with van der Waals surface area (Å²) in [6, 6.07) is 3.91. The number of rotatable bonds is 9. The van der Waals surface area contributed by atoms with E-state index in [0.717, 1.165) is 59.0 Å². The van der Waals surface area contributed by atoms with Crippen molar-refractivity contribution in [2.75, 3.05) is 11.1 Å². The van der Waals surface area contributed by atoms with Crippen LogP contribution in [0, 0.1) is 0 Å². The third-order valence-corrected chi connectivity index (χ3v) is 7.61. The van der Waals surface area contributed by atoms with E-state index in [-0.39, 0.29) is 17.4 Å². The molecule has 0 radical (unpaired) electrons. The highest BCUT2D eigenvalue weighted by molar-refractivity contribution is 7.99. The average molecular weight is 515 g/mol. The van der Waals surface area contributed by atoms with Crippen molar-refractivity contribution < 1.29 is 0 Å². The summed E-state index contributed by atoms with van der Waals surface area (Å²) in [6.45, 7) is 6.48. The Bertz CT molecular complexity index is 1480. The Morgan fingerprint density at radius 1 is 1.00 bits per heavy atom. The Morgan fingerprint density at radius 3 is 2.32 bits per heavy atom. The van der Waals surface area contributed by atoms with Crippen molar-refractivity contribution in [3.63, 3.8) is 0 Å². The fourth-order valence-corrected chi connectivity index (χ4v) is 5.26. The molecule has 1 N–H and O–H groups in total. The highest BCUT2D eigenvalue weighted by Crippen LogP contribution is 2.48. The van der Waals surface area contributed by atoms with Crippen LogP contribution in [0.1, 0.15) is 81.4 Å². The highest BCUT2D eigenvalue weighted by Gasteiger charge is 2.35. The van der Waals surface area contributed by atoms with E-state index >= 15 is 0 Å². The number of nitrogens with one attached hydrogen (secondary N) is 1. The van der Waals surface area contributed by atoms with Gasteiger partial charge in [0.05, 0.1) is 35.4 Å². The van der Waals surface area contributed by atoms with E-state index in [0.29, 0.717) is 35.4 Å². The van der Waals surface area contributed by atoms with Gasteiger partial charge in [0.25, 0.3) is 5.56 Å². The Hall–Kier alpha value is -3.40. The summed E-state index contributed by atoms with van der Waals surface area (Å²) in [4.78, 5) is 42.7. The standard InChI is InChI=1S/C27H30N8OS/c1-4-37-19-10-9-18(28-12-19)11-29-25-27(36)35(15(2)3)26-20(33-25)13-30-24(34-26)21-22(16-5-6-16)31-14-32-23(21)17-7-8-17/h9-10,12-17H,4-8,11H2,1-3H3,(H,29,33). The zero-order chi connectivity index (χ0) is 25.5. The van der Waals surface area contributed by atoms with E-state index in [4.69, 9.17) is 9.97 Å². The summed E-state index contributed by atoms with van der Waals surface area (Å²) in [5, 5.41) is 3.19. The van der Waals surface area contributed by atoms with Crippen molar-refractivity contribution in [3.05, 3.63) is 58.3 Å². The minimum Gasteiger partial charge on any atom is -0.360 e. The van der Waals surface area contributed by atoms with Gasteiger partial charge in [-0.2, -0.15) is 0 Å². The molecule has 4 heterocycles. The second kappa shape index (κ2) is 9.81. The minimum absolute atomic E-state index is 0.109. The Kier molecular flexibility index (Phi) is 6.36. The maximum Gasteiger partial charge on any atom is 0.295 e. The van der Waals surface area contributed by atoms with Crippen LogP contribution in [-0.4, -0.2) is 40.2 Å². The summed E-state index contributed by atoms with van der Waals surface area (Å²) in [6.07, 6.45) is 9.78. The van der Waals surface area contributed by atoms with Crippen LogP contribution in [0.3, 0.4) is 0 Å². The molecule has 9 nitrogen and oxygen atoms in total. The molecule has 2 fully saturated rings. The number of nitrogens with zero attached hydrogens (tertiary/aromatic N) is 7. The van der Waals surface area contributed by atoms with Gasteiger partial charge in [0.1, 0.15) is 11.8 Å². The average Bonchev–Trinajstić information content (AvgIpc) is 3.81. The van der Waals surface area contributed by atoms with Crippen molar-refractivity contribution in [2.45, 2.75) is 75.8 Å². The molecule has 2 aliphatic rings. The number of pyridine rings is 1. The lowest BCUT2D eigenvalue weighted by atomic mass is 10.0. The second-order valence-corrected chi connectivity index (χ2v) is 11.3. The number of thioether (sulfide) groups is 1. The third-order valence-electron chi connectivity index (χ3n) is 6.75. The molecule has 0 saturated heterocycles. The van der Waals surface area contributed by atoms with Crippen LogP contribution in [0.15, 0.2) is 40.5 Å². The first-order valence-corrected chi connectivity index (χ1v) is 14.0. The third kappa shape index (κ3) is 4.82. The van der Waals surface area contributed by atoms with Crippen LogP contribution < -0.4 is 10.9 Å². The zero-order valence-corrected chi connectivity index (χ0v) is 22.1. The highest BCUT2D eigenvalue weighted by atomic mass is 32.2. The maximum atomic E-state index is 13.5. The Labute approximate surface area is 219 Å². The van der Waals surface area contributed by atoms with Crippen molar-refractivity contribution in [1.29, 1.82) is 0 Å². The van der Waals surface area contributed by atoms with Crippen LogP contribution in [-0.2, 0) is 6.54 Å². The van der Waals surface area contributed by atoms with E-state index < -0.39 is 0 Å². The summed E-state index contributed by atoms with van der Waals surface area (Å²) >= 11 is 1.75. The predicted octanol–water partition coefficient (Wildman–Crippen LogP) is 5.10. The molecule has 0 spiro atoms.